The molecule has 0 aromatic carbocycles. The molecule has 12 heteroatoms. The van der Waals surface area contributed by atoms with E-state index in [2.05, 4.69) is 21.8 Å². The number of H-pyrrole nitrogens is 1. The van der Waals surface area contributed by atoms with Gasteiger partial charge in [-0.05, 0) is 31.5 Å². The van der Waals surface area contributed by atoms with E-state index in [1.807, 2.05) is 19.9 Å². The Kier molecular flexibility index (Phi) is 8.89. The first-order chi connectivity index (χ1) is 14.6. The van der Waals surface area contributed by atoms with Gasteiger partial charge in [0.25, 0.3) is 5.91 Å². The van der Waals surface area contributed by atoms with Crippen LogP contribution in [0, 0.1) is 11.8 Å². The smallest absolute Gasteiger partial charge is 0.270 e. The second-order valence-electron chi connectivity index (χ2n) is 9.49. The maximum Gasteiger partial charge on any atom is 0.270 e. The molecular weight excluding hydrogens is 489 g/mol. The first kappa shape index (κ1) is 27.9. The van der Waals surface area contributed by atoms with Crippen molar-refractivity contribution in [2.24, 2.45) is 11.8 Å². The normalized spacial score (nSPS) is 26.3. The van der Waals surface area contributed by atoms with E-state index in [9.17, 15) is 18.0 Å². The molecule has 0 spiro atoms. The molecule has 3 aliphatic rings. The summed E-state index contributed by atoms with van der Waals surface area (Å²) in [6.45, 7) is 9.09. The summed E-state index contributed by atoms with van der Waals surface area (Å²) < 4.78 is 25.6. The van der Waals surface area contributed by atoms with Crippen molar-refractivity contribution in [3.05, 3.63) is 23.5 Å². The topological polar surface area (TPSA) is 97.0 Å². The van der Waals surface area contributed by atoms with E-state index in [1.54, 1.807) is 11.0 Å². The molecule has 3 atom stereocenters. The van der Waals surface area contributed by atoms with Gasteiger partial charge in [0.15, 0.2) is 0 Å². The van der Waals surface area contributed by atoms with Gasteiger partial charge in [0.2, 0.25) is 15.9 Å². The van der Waals surface area contributed by atoms with Gasteiger partial charge in [0.1, 0.15) is 5.69 Å². The highest BCUT2D eigenvalue weighted by Gasteiger charge is 2.58. The summed E-state index contributed by atoms with van der Waals surface area (Å²) in [5, 5.41) is 0. The molecule has 2 amide bonds. The van der Waals surface area contributed by atoms with Crippen molar-refractivity contribution in [1.82, 2.24) is 24.0 Å². The second kappa shape index (κ2) is 10.5. The predicted molar refractivity (Wildman–Crippen MR) is 131 cm³/mol. The minimum absolute atomic E-state index is 0. The van der Waals surface area contributed by atoms with Gasteiger partial charge < -0.3 is 14.8 Å². The Morgan fingerprint density at radius 2 is 1.76 bits per heavy atom. The highest BCUT2D eigenvalue weighted by molar-refractivity contribution is 7.88. The third-order valence-corrected chi connectivity index (χ3v) is 8.06. The molecule has 4 heterocycles. The lowest BCUT2D eigenvalue weighted by Gasteiger charge is -2.32. The van der Waals surface area contributed by atoms with Gasteiger partial charge in [-0.2, -0.15) is 0 Å². The van der Waals surface area contributed by atoms with Crippen LogP contribution < -0.4 is 0 Å². The summed E-state index contributed by atoms with van der Waals surface area (Å²) in [7, 11) is -1.55. The number of likely N-dealkylation sites (N-methyl/N-ethyl adjacent to an activating group) is 1. The molecule has 0 radical (unpaired) electrons. The summed E-state index contributed by atoms with van der Waals surface area (Å²) in [4.78, 5) is 36.0. The number of piperazine rings is 1. The van der Waals surface area contributed by atoms with Gasteiger partial charge in [-0.15, -0.1) is 24.8 Å². The number of nitrogens with one attached hydrogen (secondary N) is 1. The number of carbonyl (C=O) groups excluding carboxylic acids is 2. The molecule has 3 saturated heterocycles. The Balaban J connectivity index is 0.00000193. The number of halogens is 2. The molecular formula is C21H35Cl2N5O4S. The van der Waals surface area contributed by atoms with Gasteiger partial charge in [0.05, 0.1) is 24.3 Å². The number of likely N-dealkylation sites (tertiary alicyclic amines) is 1. The number of sulfonamides is 1. The van der Waals surface area contributed by atoms with Crippen LogP contribution in [-0.4, -0.2) is 102 Å². The lowest BCUT2D eigenvalue weighted by atomic mass is 9.88. The third-order valence-electron chi connectivity index (χ3n) is 6.89. The zero-order chi connectivity index (χ0) is 22.5. The van der Waals surface area contributed by atoms with Crippen LogP contribution in [0.15, 0.2) is 12.1 Å². The van der Waals surface area contributed by atoms with Gasteiger partial charge in [-0.25, -0.2) is 12.7 Å². The fraction of sp³-hybridized carbons (Fsp3) is 0.714. The van der Waals surface area contributed by atoms with E-state index in [4.69, 9.17) is 0 Å². The van der Waals surface area contributed by atoms with Crippen molar-refractivity contribution in [2.45, 2.75) is 38.9 Å². The third kappa shape index (κ3) is 5.35. The summed E-state index contributed by atoms with van der Waals surface area (Å²) in [5.74, 6) is -1.11. The molecule has 0 bridgehead atoms. The predicted octanol–water partition coefficient (Wildman–Crippen LogP) is 1.26. The number of rotatable bonds is 5. The Hall–Kier alpha value is -1.33. The van der Waals surface area contributed by atoms with Crippen LogP contribution in [0.2, 0.25) is 0 Å². The van der Waals surface area contributed by atoms with Crippen molar-refractivity contribution in [3.8, 4) is 0 Å². The van der Waals surface area contributed by atoms with Crippen LogP contribution in [0.5, 0.6) is 0 Å². The largest absolute Gasteiger partial charge is 0.353 e. The fourth-order valence-corrected chi connectivity index (χ4v) is 6.50. The quantitative estimate of drug-likeness (QED) is 0.623. The number of amides is 2. The number of nitrogens with zero attached hydrogens (tertiary/aromatic N) is 4. The van der Waals surface area contributed by atoms with Crippen LogP contribution in [0.4, 0.5) is 0 Å². The fourth-order valence-electron chi connectivity index (χ4n) is 5.33. The number of aromatic amines is 1. The summed E-state index contributed by atoms with van der Waals surface area (Å²) in [6.07, 6.45) is 1.55. The minimum Gasteiger partial charge on any atom is -0.353 e. The van der Waals surface area contributed by atoms with E-state index < -0.39 is 28.0 Å². The number of hydrogen-bond acceptors (Lipinski definition) is 6. The Morgan fingerprint density at radius 3 is 2.33 bits per heavy atom. The highest BCUT2D eigenvalue weighted by Crippen LogP contribution is 2.41. The lowest BCUT2D eigenvalue weighted by Crippen LogP contribution is -2.44. The zero-order valence-electron chi connectivity index (χ0n) is 19.6. The number of hydrogen-bond donors (Lipinski definition) is 1. The van der Waals surface area contributed by atoms with Crippen molar-refractivity contribution in [2.75, 3.05) is 46.0 Å². The van der Waals surface area contributed by atoms with Gasteiger partial charge in [0, 0.05) is 45.0 Å². The summed E-state index contributed by atoms with van der Waals surface area (Å²) in [5.41, 5.74) is 1.49. The Bertz CT molecular complexity index is 962. The van der Waals surface area contributed by atoms with Crippen molar-refractivity contribution in [1.29, 1.82) is 0 Å². The van der Waals surface area contributed by atoms with E-state index >= 15 is 0 Å². The maximum atomic E-state index is 13.4. The average Bonchev–Trinajstić information content (AvgIpc) is 3.36. The molecule has 1 aromatic rings. The number of aromatic nitrogens is 1. The van der Waals surface area contributed by atoms with E-state index in [0.29, 0.717) is 18.7 Å². The summed E-state index contributed by atoms with van der Waals surface area (Å²) in [6, 6.07) is 2.86. The first-order valence-electron chi connectivity index (χ1n) is 11.0. The monoisotopic (exact) mass is 523 g/mol. The molecule has 3 aliphatic heterocycles. The molecule has 0 saturated carbocycles. The van der Waals surface area contributed by atoms with Crippen LogP contribution in [0.3, 0.4) is 0 Å². The van der Waals surface area contributed by atoms with Crippen LogP contribution in [0.1, 0.15) is 36.5 Å². The van der Waals surface area contributed by atoms with Crippen LogP contribution in [0.25, 0.3) is 0 Å². The minimum atomic E-state index is -3.67. The van der Waals surface area contributed by atoms with Crippen molar-refractivity contribution in [3.63, 3.8) is 0 Å². The van der Waals surface area contributed by atoms with Crippen LogP contribution >= 0.6 is 24.8 Å². The number of carbonyl (C=O) groups is 2. The molecule has 1 aromatic heterocycles. The van der Waals surface area contributed by atoms with Crippen molar-refractivity contribution >= 4 is 46.7 Å². The number of fused-ring (bicyclic) bond motifs is 1. The van der Waals surface area contributed by atoms with E-state index in [1.165, 1.54) is 0 Å². The molecule has 1 N–H and O–H groups in total. The highest BCUT2D eigenvalue weighted by atomic mass is 35.5. The first-order valence-corrected chi connectivity index (χ1v) is 12.9. The molecule has 188 valence electrons. The maximum absolute atomic E-state index is 13.4. The molecule has 0 unspecified atom stereocenters. The van der Waals surface area contributed by atoms with E-state index in [0.717, 1.165) is 49.0 Å². The SMILES string of the molecule is CC(C)[C@@H]1C(=O)N(S(C)(=O)=O)[C@@H]2CCN(C(=O)c3ccc(CN4CCN(C)CC4)[nH]3)[C@H]21.Cl.Cl. The standard InChI is InChI=1S/C21H33N5O4S.2ClH/c1-14(2)18-19-17(26(21(18)28)31(4,29)30)7-8-25(19)20(27)16-6-5-15(22-16)13-24-11-9-23(3)10-12-24;;/h5-6,14,17-19,22H,7-13H2,1-4H3;2*1H/t17-,18+,19-;;/m1../s1. The summed E-state index contributed by atoms with van der Waals surface area (Å²) >= 11 is 0. The zero-order valence-corrected chi connectivity index (χ0v) is 22.0. The second-order valence-corrected chi connectivity index (χ2v) is 11.3. The van der Waals surface area contributed by atoms with Crippen LogP contribution in [-0.2, 0) is 21.4 Å². The Labute approximate surface area is 208 Å². The molecule has 4 rings (SSSR count). The molecule has 9 nitrogen and oxygen atoms in total. The van der Waals surface area contributed by atoms with Gasteiger partial charge in [-0.3, -0.25) is 14.5 Å². The molecule has 0 aliphatic carbocycles. The lowest BCUT2D eigenvalue weighted by molar-refractivity contribution is -0.129. The average molecular weight is 525 g/mol. The molecule has 33 heavy (non-hydrogen) atoms. The van der Waals surface area contributed by atoms with Gasteiger partial charge >= 0.3 is 0 Å². The van der Waals surface area contributed by atoms with E-state index in [-0.39, 0.29) is 42.5 Å². The van der Waals surface area contributed by atoms with Crippen molar-refractivity contribution < 1.29 is 18.0 Å². The van der Waals surface area contributed by atoms with Gasteiger partial charge in [-0.1, -0.05) is 13.8 Å². The Morgan fingerprint density at radius 1 is 1.12 bits per heavy atom. The molecule has 3 fully saturated rings.